The van der Waals surface area contributed by atoms with Gasteiger partial charge in [0, 0.05) is 11.8 Å². The third kappa shape index (κ3) is 6.56. The summed E-state index contributed by atoms with van der Waals surface area (Å²) in [6, 6.07) is -0.716. The summed E-state index contributed by atoms with van der Waals surface area (Å²) in [6.45, 7) is 2.08. The molecule has 0 saturated heterocycles. The van der Waals surface area contributed by atoms with E-state index in [0.29, 0.717) is 18.5 Å². The molecule has 26 heavy (non-hydrogen) atoms. The number of carboxylic acids is 1. The van der Waals surface area contributed by atoms with Crippen LogP contribution >= 0.6 is 0 Å². The Hall–Kier alpha value is -2.27. The molecule has 7 N–H and O–H groups in total. The maximum atomic E-state index is 11.5. The topological polar surface area (TPSA) is 174 Å². The number of carbonyl (C=O) groups is 1. The predicted molar refractivity (Wildman–Crippen MR) is 94.7 cm³/mol. The van der Waals surface area contributed by atoms with E-state index in [1.807, 2.05) is 0 Å². The normalized spacial score (nSPS) is 19.7. The maximum absolute atomic E-state index is 11.5. The molecule has 10 nitrogen and oxygen atoms in total. The maximum Gasteiger partial charge on any atom is 0.330 e. The van der Waals surface area contributed by atoms with Crippen molar-refractivity contribution in [3.8, 4) is 0 Å². The molecule has 1 aromatic rings. The van der Waals surface area contributed by atoms with Crippen LogP contribution in [0.25, 0.3) is 0 Å². The molecule has 2 rings (SSSR count). The second-order valence-electron chi connectivity index (χ2n) is 5.84. The van der Waals surface area contributed by atoms with E-state index in [9.17, 15) is 14.4 Å². The Morgan fingerprint density at radius 2 is 2.08 bits per heavy atom. The van der Waals surface area contributed by atoms with Crippen LogP contribution in [0.2, 0.25) is 0 Å². The molecule has 0 bridgehead atoms. The molecule has 0 fully saturated rings. The molecule has 0 saturated carbocycles. The summed E-state index contributed by atoms with van der Waals surface area (Å²) in [5, 5.41) is 17.2. The van der Waals surface area contributed by atoms with E-state index >= 15 is 0 Å². The van der Waals surface area contributed by atoms with Crippen LogP contribution in [0.1, 0.15) is 31.1 Å². The van der Waals surface area contributed by atoms with Gasteiger partial charge in [-0.1, -0.05) is 12.5 Å². The van der Waals surface area contributed by atoms with Gasteiger partial charge in [-0.2, -0.15) is 0 Å². The van der Waals surface area contributed by atoms with Crippen LogP contribution in [0.5, 0.6) is 0 Å². The number of ether oxygens (including phenoxy) is 1. The summed E-state index contributed by atoms with van der Waals surface area (Å²) in [6.07, 6.45) is 5.98. The van der Waals surface area contributed by atoms with E-state index < -0.39 is 35.6 Å². The van der Waals surface area contributed by atoms with Crippen LogP contribution in [0.4, 0.5) is 0 Å². The average Bonchev–Trinajstić information content (AvgIpc) is 3.07. The fourth-order valence-electron chi connectivity index (χ4n) is 2.16. The van der Waals surface area contributed by atoms with Gasteiger partial charge in [0.25, 0.3) is 5.56 Å². The summed E-state index contributed by atoms with van der Waals surface area (Å²) in [7, 11) is 0. The Balaban J connectivity index is 0.000000294. The first-order chi connectivity index (χ1) is 12.3. The Morgan fingerprint density at radius 3 is 2.62 bits per heavy atom. The molecule has 0 aromatic carbocycles. The number of aryl methyl sites for hydroxylation is 1. The fourth-order valence-corrected chi connectivity index (χ4v) is 2.16. The summed E-state index contributed by atoms with van der Waals surface area (Å²) in [4.78, 5) is 35.0. The van der Waals surface area contributed by atoms with Crippen LogP contribution < -0.4 is 22.7 Å². The lowest BCUT2D eigenvalue weighted by Gasteiger charge is -2.14. The van der Waals surface area contributed by atoms with Crippen molar-refractivity contribution in [3.63, 3.8) is 0 Å². The third-order valence-corrected chi connectivity index (χ3v) is 3.69. The standard InChI is InChI=1S/C10H12N2O4.C6H14N2O2/c1-6-4-12(10(15)11-9(6)14)8-3-2-7(5-13)16-8;7-4-2-1-3-5(8)6(9)10/h2-4,7-8,13H,5H2,1H3,(H,11,14,15);5H,1-4,7-8H2,(H,9,10)/t7-,8+;/m0./s1. The lowest BCUT2D eigenvalue weighted by Crippen LogP contribution is -2.33. The fraction of sp³-hybridized carbons (Fsp3) is 0.562. The number of hydrogen-bond donors (Lipinski definition) is 5. The Bertz CT molecular complexity index is 726. The summed E-state index contributed by atoms with van der Waals surface area (Å²) in [5.41, 5.74) is 9.93. The molecule has 1 aromatic heterocycles. The SMILES string of the molecule is Cc1cn([C@H]2C=C[C@@H](CO)O2)c(=O)[nH]c1=O.NCCCCC(N)C(=O)O. The minimum atomic E-state index is -0.933. The highest BCUT2D eigenvalue weighted by Gasteiger charge is 2.21. The van der Waals surface area contributed by atoms with Crippen molar-refractivity contribution in [1.82, 2.24) is 9.55 Å². The lowest BCUT2D eigenvalue weighted by atomic mass is 10.1. The van der Waals surface area contributed by atoms with Gasteiger partial charge in [0.1, 0.15) is 12.1 Å². The molecule has 1 aliphatic heterocycles. The highest BCUT2D eigenvalue weighted by Crippen LogP contribution is 2.18. The number of nitrogens with zero attached hydrogens (tertiary/aromatic N) is 1. The van der Waals surface area contributed by atoms with Crippen molar-refractivity contribution in [2.45, 2.75) is 44.6 Å². The zero-order valence-corrected chi connectivity index (χ0v) is 14.6. The molecular formula is C16H26N4O6. The number of aliphatic hydroxyl groups is 1. The number of nitrogens with one attached hydrogen (secondary N) is 1. The second-order valence-corrected chi connectivity index (χ2v) is 5.84. The molecule has 146 valence electrons. The summed E-state index contributed by atoms with van der Waals surface area (Å²) >= 11 is 0. The number of aliphatic carboxylic acids is 1. The Labute approximate surface area is 150 Å². The van der Waals surface area contributed by atoms with Crippen molar-refractivity contribution in [2.75, 3.05) is 13.2 Å². The van der Waals surface area contributed by atoms with Crippen molar-refractivity contribution < 1.29 is 19.7 Å². The van der Waals surface area contributed by atoms with Gasteiger partial charge >= 0.3 is 11.7 Å². The van der Waals surface area contributed by atoms with Crippen molar-refractivity contribution in [2.24, 2.45) is 11.5 Å². The summed E-state index contributed by atoms with van der Waals surface area (Å²) < 4.78 is 6.63. The van der Waals surface area contributed by atoms with Crippen LogP contribution in [0, 0.1) is 6.92 Å². The summed E-state index contributed by atoms with van der Waals surface area (Å²) in [5.74, 6) is -0.933. The molecule has 0 amide bonds. The number of H-pyrrole nitrogens is 1. The van der Waals surface area contributed by atoms with Crippen molar-refractivity contribution in [1.29, 1.82) is 0 Å². The third-order valence-electron chi connectivity index (χ3n) is 3.69. The van der Waals surface area contributed by atoms with Gasteiger partial charge in [0.2, 0.25) is 0 Å². The van der Waals surface area contributed by atoms with Gasteiger partial charge in [0.15, 0.2) is 6.23 Å². The highest BCUT2D eigenvalue weighted by molar-refractivity contribution is 5.72. The van der Waals surface area contributed by atoms with Gasteiger partial charge < -0.3 is 26.4 Å². The minimum absolute atomic E-state index is 0.135. The Kier molecular flexibility index (Phi) is 8.93. The van der Waals surface area contributed by atoms with Crippen LogP contribution in [-0.2, 0) is 9.53 Å². The van der Waals surface area contributed by atoms with Gasteiger partial charge in [-0.25, -0.2) is 4.79 Å². The van der Waals surface area contributed by atoms with Crippen LogP contribution in [-0.4, -0.2) is 51.0 Å². The first kappa shape index (κ1) is 21.8. The van der Waals surface area contributed by atoms with Gasteiger partial charge in [-0.15, -0.1) is 0 Å². The number of aliphatic hydroxyl groups excluding tert-OH is 1. The first-order valence-corrected chi connectivity index (χ1v) is 8.25. The van der Waals surface area contributed by atoms with Gasteiger partial charge in [0.05, 0.1) is 6.61 Å². The van der Waals surface area contributed by atoms with Gasteiger partial charge in [-0.3, -0.25) is 19.1 Å². The van der Waals surface area contributed by atoms with E-state index in [0.717, 1.165) is 12.8 Å². The molecule has 0 aliphatic carbocycles. The van der Waals surface area contributed by atoms with E-state index in [1.165, 1.54) is 10.8 Å². The first-order valence-electron chi connectivity index (χ1n) is 8.25. The van der Waals surface area contributed by atoms with Crippen LogP contribution in [0.15, 0.2) is 27.9 Å². The average molecular weight is 370 g/mol. The second kappa shape index (κ2) is 10.7. The number of aromatic amines is 1. The molecular weight excluding hydrogens is 344 g/mol. The zero-order chi connectivity index (χ0) is 19.7. The quantitative estimate of drug-likeness (QED) is 0.294. The Morgan fingerprint density at radius 1 is 1.38 bits per heavy atom. The number of unbranched alkanes of at least 4 members (excludes halogenated alkanes) is 1. The smallest absolute Gasteiger partial charge is 0.330 e. The van der Waals surface area contributed by atoms with Crippen molar-refractivity contribution >= 4 is 5.97 Å². The molecule has 1 aliphatic rings. The molecule has 0 radical (unpaired) electrons. The van der Waals surface area contributed by atoms with E-state index in [4.69, 9.17) is 26.4 Å². The largest absolute Gasteiger partial charge is 0.480 e. The number of carboxylic acid groups (broad SMARTS) is 1. The number of hydrogen-bond acceptors (Lipinski definition) is 7. The number of aromatic nitrogens is 2. The molecule has 2 heterocycles. The lowest BCUT2D eigenvalue weighted by molar-refractivity contribution is -0.138. The molecule has 0 spiro atoms. The molecule has 3 atom stereocenters. The van der Waals surface area contributed by atoms with Crippen molar-refractivity contribution in [3.05, 3.63) is 44.8 Å². The van der Waals surface area contributed by atoms with E-state index in [2.05, 4.69) is 4.98 Å². The van der Waals surface area contributed by atoms with Crippen LogP contribution in [0.3, 0.4) is 0 Å². The minimum Gasteiger partial charge on any atom is -0.480 e. The van der Waals surface area contributed by atoms with E-state index in [1.54, 1.807) is 19.1 Å². The zero-order valence-electron chi connectivity index (χ0n) is 14.6. The number of rotatable bonds is 7. The molecule has 10 heteroatoms. The van der Waals surface area contributed by atoms with E-state index in [-0.39, 0.29) is 6.61 Å². The highest BCUT2D eigenvalue weighted by atomic mass is 16.5. The molecule has 1 unspecified atom stereocenters. The van der Waals surface area contributed by atoms with Gasteiger partial charge in [-0.05, 0) is 32.4 Å². The number of nitrogens with two attached hydrogens (primary N) is 2. The monoisotopic (exact) mass is 370 g/mol. The predicted octanol–water partition coefficient (Wildman–Crippen LogP) is -1.18.